The second kappa shape index (κ2) is 7.05. The molecule has 1 aromatic heterocycles. The number of primary sulfonamides is 1. The lowest BCUT2D eigenvalue weighted by atomic mass is 10.1. The Morgan fingerprint density at radius 2 is 2.12 bits per heavy atom. The highest BCUT2D eigenvalue weighted by Crippen LogP contribution is 2.15. The Bertz CT molecular complexity index is 849. The maximum atomic E-state index is 12.7. The fourth-order valence-corrected chi connectivity index (χ4v) is 2.66. The van der Waals surface area contributed by atoms with Crippen molar-refractivity contribution in [2.75, 3.05) is 6.54 Å². The molecule has 0 aliphatic heterocycles. The van der Waals surface area contributed by atoms with Gasteiger partial charge in [0.25, 0.3) is 5.91 Å². The fraction of sp³-hybridized carbons (Fsp3) is 0.286. The van der Waals surface area contributed by atoms with Crippen LogP contribution in [0.15, 0.2) is 35.5 Å². The van der Waals surface area contributed by atoms with E-state index < -0.39 is 22.5 Å². The molecule has 0 fully saturated rings. The highest BCUT2D eigenvalue weighted by atomic mass is 32.2. The lowest BCUT2D eigenvalue weighted by molar-refractivity contribution is 0.0670. The molecule has 0 aliphatic carbocycles. The summed E-state index contributed by atoms with van der Waals surface area (Å²) in [5, 5.41) is 7.59. The highest BCUT2D eigenvalue weighted by Gasteiger charge is 2.15. The van der Waals surface area contributed by atoms with Crippen molar-refractivity contribution in [3.63, 3.8) is 0 Å². The van der Waals surface area contributed by atoms with Gasteiger partial charge < -0.3 is 5.32 Å². The summed E-state index contributed by atoms with van der Waals surface area (Å²) >= 11 is 0. The molecule has 0 radical (unpaired) electrons. The van der Waals surface area contributed by atoms with Crippen LogP contribution >= 0.6 is 0 Å². The first-order valence-electron chi connectivity index (χ1n) is 6.91. The van der Waals surface area contributed by atoms with E-state index in [9.17, 15) is 22.0 Å². The number of aromatic nitrogens is 2. The van der Waals surface area contributed by atoms with Crippen molar-refractivity contribution in [2.24, 2.45) is 5.14 Å². The average molecular weight is 358 g/mol. The number of nitrogens with one attached hydrogen (secondary N) is 1. The second-order valence-corrected chi connectivity index (χ2v) is 6.62. The number of halogens is 2. The van der Waals surface area contributed by atoms with Crippen LogP contribution in [0.2, 0.25) is 0 Å². The van der Waals surface area contributed by atoms with Gasteiger partial charge in [0.15, 0.2) is 0 Å². The Kier molecular flexibility index (Phi) is 5.30. The molecule has 0 aliphatic rings. The Balaban J connectivity index is 2.06. The first-order valence-corrected chi connectivity index (χ1v) is 8.46. The fourth-order valence-electron chi connectivity index (χ4n) is 2.12. The van der Waals surface area contributed by atoms with Crippen molar-refractivity contribution in [3.05, 3.63) is 47.5 Å². The van der Waals surface area contributed by atoms with Gasteiger partial charge in [-0.15, -0.1) is 0 Å². The molecule has 1 heterocycles. The molecule has 2 aromatic rings. The minimum absolute atomic E-state index is 0.0710. The highest BCUT2D eigenvalue weighted by molar-refractivity contribution is 7.89. The molecular formula is C14H16F2N4O3S. The number of nitrogens with zero attached hydrogens (tertiary/aromatic N) is 2. The van der Waals surface area contributed by atoms with Crippen molar-refractivity contribution < 1.29 is 22.0 Å². The number of carbonyl (C=O) groups excluding carboxylic acids is 1. The van der Waals surface area contributed by atoms with Crippen molar-refractivity contribution in [1.29, 1.82) is 0 Å². The van der Waals surface area contributed by atoms with Crippen molar-refractivity contribution >= 4 is 15.9 Å². The SMILES string of the molecule is Cc1ccc(S(N)(=O)=O)cc1C(=O)NCCc1nccn1C(F)F. The summed E-state index contributed by atoms with van der Waals surface area (Å²) in [6, 6.07) is 3.96. The average Bonchev–Trinajstić information content (AvgIpc) is 2.95. The van der Waals surface area contributed by atoms with E-state index in [-0.39, 0.29) is 29.2 Å². The first kappa shape index (κ1) is 18.0. The van der Waals surface area contributed by atoms with Gasteiger partial charge in [-0.05, 0) is 24.6 Å². The molecule has 0 spiro atoms. The third-order valence-electron chi connectivity index (χ3n) is 3.38. The summed E-state index contributed by atoms with van der Waals surface area (Å²) in [5.74, 6) is -0.381. The van der Waals surface area contributed by atoms with Crippen LogP contribution in [0.4, 0.5) is 8.78 Å². The molecule has 130 valence electrons. The van der Waals surface area contributed by atoms with Crippen molar-refractivity contribution in [1.82, 2.24) is 14.9 Å². The molecule has 24 heavy (non-hydrogen) atoms. The summed E-state index contributed by atoms with van der Waals surface area (Å²) in [6.07, 6.45) is 2.52. The number of imidazole rings is 1. The number of alkyl halides is 2. The van der Waals surface area contributed by atoms with E-state index in [4.69, 9.17) is 5.14 Å². The molecule has 1 amide bonds. The quantitative estimate of drug-likeness (QED) is 0.809. The Morgan fingerprint density at radius 1 is 1.42 bits per heavy atom. The van der Waals surface area contributed by atoms with Crippen LogP contribution in [0.1, 0.15) is 28.3 Å². The number of carbonyl (C=O) groups is 1. The number of aryl methyl sites for hydroxylation is 1. The lowest BCUT2D eigenvalue weighted by Gasteiger charge is -2.10. The number of rotatable bonds is 6. The molecule has 0 atom stereocenters. The molecule has 10 heteroatoms. The molecule has 3 N–H and O–H groups in total. The zero-order valence-corrected chi connectivity index (χ0v) is 13.6. The van der Waals surface area contributed by atoms with Gasteiger partial charge in [0, 0.05) is 30.9 Å². The number of amides is 1. The largest absolute Gasteiger partial charge is 0.352 e. The molecule has 1 aromatic carbocycles. The maximum Gasteiger partial charge on any atom is 0.319 e. The minimum atomic E-state index is -3.92. The molecule has 0 unspecified atom stereocenters. The number of hydrogen-bond donors (Lipinski definition) is 2. The Labute approximate surface area is 137 Å². The summed E-state index contributed by atoms with van der Waals surface area (Å²) in [6.45, 7) is -0.987. The molecule has 0 saturated heterocycles. The van der Waals surface area contributed by atoms with Gasteiger partial charge >= 0.3 is 6.55 Å². The Morgan fingerprint density at radius 3 is 2.75 bits per heavy atom. The van der Waals surface area contributed by atoms with Gasteiger partial charge in [-0.1, -0.05) is 6.07 Å². The van der Waals surface area contributed by atoms with Crippen LogP contribution in [-0.4, -0.2) is 30.4 Å². The van der Waals surface area contributed by atoms with Gasteiger partial charge in [0.1, 0.15) is 5.82 Å². The number of nitrogens with two attached hydrogens (primary N) is 1. The van der Waals surface area contributed by atoms with Crippen LogP contribution in [0.3, 0.4) is 0 Å². The van der Waals surface area contributed by atoms with Crippen molar-refractivity contribution in [2.45, 2.75) is 24.8 Å². The van der Waals surface area contributed by atoms with Crippen LogP contribution in [-0.2, 0) is 16.4 Å². The third kappa shape index (κ3) is 4.15. The van der Waals surface area contributed by atoms with Crippen LogP contribution in [0.5, 0.6) is 0 Å². The standard InChI is InChI=1S/C14H16F2N4O3S/c1-9-2-3-10(24(17,22)23)8-11(9)13(21)19-5-4-12-18-6-7-20(12)14(15)16/h2-3,6-8,14H,4-5H2,1H3,(H,19,21)(H2,17,22,23). The smallest absolute Gasteiger partial charge is 0.319 e. The first-order chi connectivity index (χ1) is 11.2. The van der Waals surface area contributed by atoms with E-state index in [2.05, 4.69) is 10.3 Å². The summed E-state index contributed by atoms with van der Waals surface area (Å²) in [4.78, 5) is 15.8. The lowest BCUT2D eigenvalue weighted by Crippen LogP contribution is -2.27. The summed E-state index contributed by atoms with van der Waals surface area (Å²) < 4.78 is 48.8. The minimum Gasteiger partial charge on any atom is -0.352 e. The van der Waals surface area contributed by atoms with E-state index in [1.807, 2.05) is 0 Å². The van der Waals surface area contributed by atoms with Crippen LogP contribution in [0.25, 0.3) is 0 Å². The van der Waals surface area contributed by atoms with Gasteiger partial charge in [-0.3, -0.25) is 9.36 Å². The van der Waals surface area contributed by atoms with E-state index >= 15 is 0 Å². The summed E-state index contributed by atoms with van der Waals surface area (Å²) in [5.41, 5.74) is 0.715. The predicted molar refractivity (Wildman–Crippen MR) is 82.1 cm³/mol. The maximum absolute atomic E-state index is 12.7. The molecule has 7 nitrogen and oxygen atoms in total. The number of sulfonamides is 1. The van der Waals surface area contributed by atoms with E-state index in [1.54, 1.807) is 6.92 Å². The zero-order valence-electron chi connectivity index (χ0n) is 12.7. The van der Waals surface area contributed by atoms with E-state index in [1.165, 1.54) is 24.4 Å². The van der Waals surface area contributed by atoms with Gasteiger partial charge in [-0.2, -0.15) is 8.78 Å². The molecule has 0 saturated carbocycles. The number of benzene rings is 1. The van der Waals surface area contributed by atoms with E-state index in [0.717, 1.165) is 6.20 Å². The number of hydrogen-bond acceptors (Lipinski definition) is 4. The van der Waals surface area contributed by atoms with Crippen LogP contribution < -0.4 is 10.5 Å². The molecule has 0 bridgehead atoms. The van der Waals surface area contributed by atoms with Gasteiger partial charge in [0.05, 0.1) is 4.90 Å². The Hall–Kier alpha value is -2.33. The summed E-state index contributed by atoms with van der Waals surface area (Å²) in [7, 11) is -3.92. The van der Waals surface area contributed by atoms with Gasteiger partial charge in [-0.25, -0.2) is 18.5 Å². The van der Waals surface area contributed by atoms with Gasteiger partial charge in [0.2, 0.25) is 10.0 Å². The third-order valence-corrected chi connectivity index (χ3v) is 4.29. The second-order valence-electron chi connectivity index (χ2n) is 5.06. The van der Waals surface area contributed by atoms with E-state index in [0.29, 0.717) is 10.1 Å². The van der Waals surface area contributed by atoms with Crippen molar-refractivity contribution in [3.8, 4) is 0 Å². The monoisotopic (exact) mass is 358 g/mol. The zero-order chi connectivity index (χ0) is 17.9. The molecule has 2 rings (SSSR count). The predicted octanol–water partition coefficient (Wildman–Crippen LogP) is 1.21. The normalized spacial score (nSPS) is 11.7. The molecular weight excluding hydrogens is 342 g/mol. The topological polar surface area (TPSA) is 107 Å². The van der Waals surface area contributed by atoms with Crippen LogP contribution in [0, 0.1) is 6.92 Å².